The fourth-order valence-electron chi connectivity index (χ4n) is 4.66. The van der Waals surface area contributed by atoms with Gasteiger partial charge in [-0.15, -0.1) is 11.3 Å². The molecule has 1 aliphatic carbocycles. The van der Waals surface area contributed by atoms with E-state index in [0.717, 1.165) is 33.6 Å². The topological polar surface area (TPSA) is 60.2 Å². The normalized spacial score (nSPS) is 16.5. The van der Waals surface area contributed by atoms with Gasteiger partial charge in [0.2, 0.25) is 0 Å². The molecule has 2 aliphatic rings. The van der Waals surface area contributed by atoms with Crippen molar-refractivity contribution in [2.24, 2.45) is 0 Å². The van der Waals surface area contributed by atoms with Gasteiger partial charge < -0.3 is 14.2 Å². The zero-order valence-electron chi connectivity index (χ0n) is 17.8. The number of carbonyl (C=O) groups is 1. The number of imidazole rings is 1. The van der Waals surface area contributed by atoms with Gasteiger partial charge in [-0.25, -0.2) is 9.97 Å². The predicted octanol–water partition coefficient (Wildman–Crippen LogP) is 5.05. The van der Waals surface area contributed by atoms with Crippen molar-refractivity contribution in [2.45, 2.75) is 49.0 Å². The number of carbonyl (C=O) groups excluding carboxylic acids is 1. The van der Waals surface area contributed by atoms with Gasteiger partial charge in [0.25, 0.3) is 5.91 Å². The first-order valence-corrected chi connectivity index (χ1v) is 12.8. The summed E-state index contributed by atoms with van der Waals surface area (Å²) in [6.45, 7) is 2.04. The van der Waals surface area contributed by atoms with Gasteiger partial charge in [-0.3, -0.25) is 4.79 Å². The van der Waals surface area contributed by atoms with E-state index in [1.54, 1.807) is 18.9 Å². The zero-order chi connectivity index (χ0) is 21.4. The summed E-state index contributed by atoms with van der Waals surface area (Å²) in [4.78, 5) is 24.7. The molecule has 8 heteroatoms. The van der Waals surface area contributed by atoms with E-state index in [1.807, 2.05) is 28.7 Å². The Morgan fingerprint density at radius 3 is 2.61 bits per heavy atom. The highest BCUT2D eigenvalue weighted by atomic mass is 32.2. The molecule has 6 nitrogen and oxygen atoms in total. The molecule has 0 unspecified atom stereocenters. The van der Waals surface area contributed by atoms with Gasteiger partial charge in [-0.05, 0) is 43.4 Å². The second-order valence-corrected chi connectivity index (χ2v) is 9.97. The fourth-order valence-corrected chi connectivity index (χ4v) is 5.89. The van der Waals surface area contributed by atoms with E-state index in [1.165, 1.54) is 42.8 Å². The standard InChI is InChI=1S/C23H26N4O2S2/c1-29-17-9-7-15(8-10-17)20-19-13-26(22(28)18-14-31-23(24-18)30-2)11-12-27(19)21(25-20)16-5-3-4-6-16/h7-10,14,16H,3-6,11-13H2,1-2H3. The van der Waals surface area contributed by atoms with Gasteiger partial charge in [0.15, 0.2) is 0 Å². The molecule has 0 bridgehead atoms. The Morgan fingerprint density at radius 1 is 1.16 bits per heavy atom. The highest BCUT2D eigenvalue weighted by molar-refractivity contribution is 8.00. The lowest BCUT2D eigenvalue weighted by Crippen LogP contribution is -2.39. The van der Waals surface area contributed by atoms with Gasteiger partial charge in [0.05, 0.1) is 25.0 Å². The Hall–Kier alpha value is -2.32. The van der Waals surface area contributed by atoms with Crippen LogP contribution in [0.2, 0.25) is 0 Å². The molecule has 1 fully saturated rings. The maximum atomic E-state index is 13.1. The van der Waals surface area contributed by atoms with Crippen LogP contribution in [-0.2, 0) is 13.1 Å². The van der Waals surface area contributed by atoms with Gasteiger partial charge in [-0.2, -0.15) is 0 Å². The summed E-state index contributed by atoms with van der Waals surface area (Å²) in [5.74, 6) is 2.56. The number of nitrogens with zero attached hydrogens (tertiary/aromatic N) is 4. The van der Waals surface area contributed by atoms with Crippen LogP contribution in [0.15, 0.2) is 34.0 Å². The molecule has 1 amide bonds. The third-order valence-electron chi connectivity index (χ3n) is 6.28. The SMILES string of the molecule is COc1ccc(-c2nc(C3CCCC3)n3c2CN(C(=O)c2csc(SC)n2)CC3)cc1. The highest BCUT2D eigenvalue weighted by Crippen LogP contribution is 2.38. The van der Waals surface area contributed by atoms with Crippen LogP contribution in [0.5, 0.6) is 5.75 Å². The maximum Gasteiger partial charge on any atom is 0.273 e. The van der Waals surface area contributed by atoms with Gasteiger partial charge >= 0.3 is 0 Å². The van der Waals surface area contributed by atoms with Crippen LogP contribution in [0.3, 0.4) is 0 Å². The minimum absolute atomic E-state index is 0.00657. The third kappa shape index (κ3) is 3.87. The Balaban J connectivity index is 1.50. The fraction of sp³-hybridized carbons (Fsp3) is 0.435. The Bertz CT molecular complexity index is 1080. The number of hydrogen-bond acceptors (Lipinski definition) is 6. The molecule has 0 N–H and O–H groups in total. The van der Waals surface area contributed by atoms with E-state index in [9.17, 15) is 4.79 Å². The van der Waals surface area contributed by atoms with Crippen LogP contribution in [0.4, 0.5) is 0 Å². The summed E-state index contributed by atoms with van der Waals surface area (Å²) in [6.07, 6.45) is 6.95. The van der Waals surface area contributed by atoms with Crippen LogP contribution in [0, 0.1) is 0 Å². The number of thiazole rings is 1. The number of ether oxygens (including phenoxy) is 1. The van der Waals surface area contributed by atoms with Gasteiger partial charge in [0, 0.05) is 30.0 Å². The summed E-state index contributed by atoms with van der Waals surface area (Å²) in [6, 6.07) is 8.07. The second-order valence-electron chi connectivity index (χ2n) is 8.06. The Morgan fingerprint density at radius 2 is 1.94 bits per heavy atom. The van der Waals surface area contributed by atoms with Crippen molar-refractivity contribution >= 4 is 29.0 Å². The number of fused-ring (bicyclic) bond motifs is 1. The maximum absolute atomic E-state index is 13.1. The van der Waals surface area contributed by atoms with E-state index < -0.39 is 0 Å². The number of rotatable bonds is 5. The van der Waals surface area contributed by atoms with E-state index in [0.29, 0.717) is 24.7 Å². The molecule has 162 valence electrons. The largest absolute Gasteiger partial charge is 0.497 e. The minimum atomic E-state index is 0.00657. The smallest absolute Gasteiger partial charge is 0.273 e. The van der Waals surface area contributed by atoms with Crippen molar-refractivity contribution in [2.75, 3.05) is 19.9 Å². The number of thioether (sulfide) groups is 1. The lowest BCUT2D eigenvalue weighted by molar-refractivity contribution is 0.0704. The van der Waals surface area contributed by atoms with Crippen LogP contribution in [-0.4, -0.2) is 45.3 Å². The monoisotopic (exact) mass is 454 g/mol. The number of amides is 1. The van der Waals surface area contributed by atoms with E-state index in [2.05, 4.69) is 21.7 Å². The van der Waals surface area contributed by atoms with Crippen molar-refractivity contribution in [1.82, 2.24) is 19.4 Å². The Kier molecular flexibility index (Phi) is 5.75. The molecular weight excluding hydrogens is 428 g/mol. The summed E-state index contributed by atoms with van der Waals surface area (Å²) in [7, 11) is 1.68. The summed E-state index contributed by atoms with van der Waals surface area (Å²) >= 11 is 3.10. The molecule has 31 heavy (non-hydrogen) atoms. The van der Waals surface area contributed by atoms with Crippen molar-refractivity contribution in [3.63, 3.8) is 0 Å². The quantitative estimate of drug-likeness (QED) is 0.505. The first kappa shape index (κ1) is 20.6. The molecule has 1 aliphatic heterocycles. The molecule has 0 spiro atoms. The van der Waals surface area contributed by atoms with E-state index >= 15 is 0 Å². The van der Waals surface area contributed by atoms with Crippen molar-refractivity contribution in [1.29, 1.82) is 0 Å². The molecule has 0 atom stereocenters. The summed E-state index contributed by atoms with van der Waals surface area (Å²) in [5, 5.41) is 1.87. The first-order valence-electron chi connectivity index (χ1n) is 10.7. The van der Waals surface area contributed by atoms with E-state index in [4.69, 9.17) is 9.72 Å². The van der Waals surface area contributed by atoms with Gasteiger partial charge in [0.1, 0.15) is 21.6 Å². The third-order valence-corrected chi connectivity index (χ3v) is 8.15. The zero-order valence-corrected chi connectivity index (χ0v) is 19.5. The summed E-state index contributed by atoms with van der Waals surface area (Å²) < 4.78 is 8.63. The number of benzene rings is 1. The molecule has 3 heterocycles. The molecule has 0 saturated heterocycles. The summed E-state index contributed by atoms with van der Waals surface area (Å²) in [5.41, 5.74) is 3.74. The highest BCUT2D eigenvalue weighted by Gasteiger charge is 2.32. The van der Waals surface area contributed by atoms with E-state index in [-0.39, 0.29) is 5.91 Å². The van der Waals surface area contributed by atoms with Gasteiger partial charge in [-0.1, -0.05) is 24.6 Å². The Labute approximate surface area is 190 Å². The van der Waals surface area contributed by atoms with Crippen LogP contribution in [0.1, 0.15) is 53.6 Å². The van der Waals surface area contributed by atoms with Crippen LogP contribution >= 0.6 is 23.1 Å². The van der Waals surface area contributed by atoms with Crippen molar-refractivity contribution in [3.8, 4) is 17.0 Å². The van der Waals surface area contributed by atoms with Crippen LogP contribution in [0.25, 0.3) is 11.3 Å². The molecular formula is C23H26N4O2S2. The predicted molar refractivity (Wildman–Crippen MR) is 124 cm³/mol. The number of hydrogen-bond donors (Lipinski definition) is 0. The second kappa shape index (κ2) is 8.67. The lowest BCUT2D eigenvalue weighted by Gasteiger charge is -2.29. The minimum Gasteiger partial charge on any atom is -0.497 e. The number of aromatic nitrogens is 3. The lowest BCUT2D eigenvalue weighted by atomic mass is 10.1. The van der Waals surface area contributed by atoms with Crippen molar-refractivity contribution < 1.29 is 9.53 Å². The first-order chi connectivity index (χ1) is 15.2. The average Bonchev–Trinajstić information content (AvgIpc) is 3.57. The molecule has 2 aromatic heterocycles. The molecule has 5 rings (SSSR count). The molecule has 1 saturated carbocycles. The molecule has 0 radical (unpaired) electrons. The average molecular weight is 455 g/mol. The number of methoxy groups -OCH3 is 1. The van der Waals surface area contributed by atoms with Crippen molar-refractivity contribution in [3.05, 3.63) is 46.9 Å². The molecule has 3 aromatic rings. The molecule has 1 aromatic carbocycles. The van der Waals surface area contributed by atoms with Crippen LogP contribution < -0.4 is 4.74 Å².